The minimum Gasteiger partial charge on any atom is -0.352 e. The number of pyridine rings is 1. The van der Waals surface area contributed by atoms with Crippen LogP contribution in [-0.4, -0.2) is 20.7 Å². The van der Waals surface area contributed by atoms with Crippen molar-refractivity contribution in [1.29, 1.82) is 0 Å². The van der Waals surface area contributed by atoms with Gasteiger partial charge in [-0.1, -0.05) is 24.3 Å². The number of aryl methyl sites for hydroxylation is 2. The van der Waals surface area contributed by atoms with Gasteiger partial charge in [0.05, 0.1) is 11.4 Å². The van der Waals surface area contributed by atoms with Gasteiger partial charge in [0.15, 0.2) is 0 Å². The van der Waals surface area contributed by atoms with E-state index in [0.29, 0.717) is 18.5 Å². The summed E-state index contributed by atoms with van der Waals surface area (Å²) in [6.45, 7) is 0.398. The highest BCUT2D eigenvalue weighted by Crippen LogP contribution is 2.15. The second-order valence-electron chi connectivity index (χ2n) is 5.76. The Kier molecular flexibility index (Phi) is 5.18. The maximum Gasteiger partial charge on any atom is 0.220 e. The highest BCUT2D eigenvalue weighted by molar-refractivity contribution is 5.76. The molecule has 128 valence electrons. The van der Waals surface area contributed by atoms with Crippen molar-refractivity contribution < 1.29 is 9.18 Å². The molecule has 3 aromatic rings. The van der Waals surface area contributed by atoms with Gasteiger partial charge >= 0.3 is 0 Å². The molecule has 0 fully saturated rings. The van der Waals surface area contributed by atoms with Crippen LogP contribution in [0.3, 0.4) is 0 Å². The number of benzene rings is 1. The molecule has 5 nitrogen and oxygen atoms in total. The number of hydrogen-bond donors (Lipinski definition) is 1. The summed E-state index contributed by atoms with van der Waals surface area (Å²) in [5.41, 5.74) is 3.22. The standard InChI is InChI=1S/C19H19FN4O/c1-24-18(10-11-23-24)17-8-6-14(12-21-17)13-22-19(25)9-7-15-4-2-3-5-16(15)20/h2-6,8,10-12H,7,9,13H2,1H3,(H,22,25). The number of nitrogens with one attached hydrogen (secondary N) is 1. The highest BCUT2D eigenvalue weighted by atomic mass is 19.1. The third-order valence-electron chi connectivity index (χ3n) is 3.98. The van der Waals surface area contributed by atoms with Crippen molar-refractivity contribution in [2.45, 2.75) is 19.4 Å². The fourth-order valence-electron chi connectivity index (χ4n) is 2.54. The van der Waals surface area contributed by atoms with Gasteiger partial charge in [-0.15, -0.1) is 0 Å². The molecule has 0 saturated heterocycles. The Morgan fingerprint density at radius 1 is 1.20 bits per heavy atom. The van der Waals surface area contributed by atoms with E-state index in [1.54, 1.807) is 35.3 Å². The first-order valence-electron chi connectivity index (χ1n) is 8.07. The molecule has 0 aliphatic rings. The minimum atomic E-state index is -0.273. The van der Waals surface area contributed by atoms with E-state index >= 15 is 0 Å². The van der Waals surface area contributed by atoms with Crippen LogP contribution in [0.25, 0.3) is 11.4 Å². The summed E-state index contributed by atoms with van der Waals surface area (Å²) in [4.78, 5) is 16.3. The van der Waals surface area contributed by atoms with Crippen molar-refractivity contribution in [1.82, 2.24) is 20.1 Å². The average Bonchev–Trinajstić information content (AvgIpc) is 3.06. The largest absolute Gasteiger partial charge is 0.352 e. The number of nitrogens with zero attached hydrogens (tertiary/aromatic N) is 3. The van der Waals surface area contributed by atoms with Crippen molar-refractivity contribution in [2.24, 2.45) is 7.05 Å². The normalized spacial score (nSPS) is 10.6. The lowest BCUT2D eigenvalue weighted by molar-refractivity contribution is -0.121. The van der Waals surface area contributed by atoms with Crippen LogP contribution in [-0.2, 0) is 24.8 Å². The summed E-state index contributed by atoms with van der Waals surface area (Å²) in [6, 6.07) is 12.2. The van der Waals surface area contributed by atoms with Crippen LogP contribution in [0.4, 0.5) is 4.39 Å². The van der Waals surface area contributed by atoms with Gasteiger partial charge in [-0.3, -0.25) is 14.5 Å². The summed E-state index contributed by atoms with van der Waals surface area (Å²) in [6.07, 6.45) is 4.10. The third-order valence-corrected chi connectivity index (χ3v) is 3.98. The molecule has 0 atom stereocenters. The summed E-state index contributed by atoms with van der Waals surface area (Å²) >= 11 is 0. The highest BCUT2D eigenvalue weighted by Gasteiger charge is 2.07. The first-order valence-corrected chi connectivity index (χ1v) is 8.07. The van der Waals surface area contributed by atoms with Crippen molar-refractivity contribution in [3.05, 3.63) is 71.8 Å². The molecule has 2 heterocycles. The molecule has 1 amide bonds. The fraction of sp³-hybridized carbons (Fsp3) is 0.211. The minimum absolute atomic E-state index is 0.112. The smallest absolute Gasteiger partial charge is 0.220 e. The Morgan fingerprint density at radius 2 is 2.04 bits per heavy atom. The molecule has 0 radical (unpaired) electrons. The lowest BCUT2D eigenvalue weighted by Crippen LogP contribution is -2.23. The van der Waals surface area contributed by atoms with Crippen LogP contribution >= 0.6 is 0 Å². The second-order valence-corrected chi connectivity index (χ2v) is 5.76. The molecule has 3 rings (SSSR count). The molecule has 2 aromatic heterocycles. The van der Waals surface area contributed by atoms with E-state index in [4.69, 9.17) is 0 Å². The average molecular weight is 338 g/mol. The number of carbonyl (C=O) groups excluding carboxylic acids is 1. The summed E-state index contributed by atoms with van der Waals surface area (Å²) in [5, 5.41) is 6.95. The van der Waals surface area contributed by atoms with E-state index in [1.165, 1.54) is 6.07 Å². The molecule has 1 aromatic carbocycles. The van der Waals surface area contributed by atoms with E-state index in [2.05, 4.69) is 15.4 Å². The maximum atomic E-state index is 13.5. The Bertz CT molecular complexity index is 858. The Morgan fingerprint density at radius 3 is 2.72 bits per heavy atom. The fourth-order valence-corrected chi connectivity index (χ4v) is 2.54. The zero-order chi connectivity index (χ0) is 17.6. The van der Waals surface area contributed by atoms with Gasteiger partial charge in [0.25, 0.3) is 0 Å². The van der Waals surface area contributed by atoms with E-state index in [9.17, 15) is 9.18 Å². The van der Waals surface area contributed by atoms with Crippen molar-refractivity contribution in [3.8, 4) is 11.4 Å². The van der Waals surface area contributed by atoms with Gasteiger partial charge in [0.1, 0.15) is 5.82 Å². The summed E-state index contributed by atoms with van der Waals surface area (Å²) < 4.78 is 15.3. The van der Waals surface area contributed by atoms with Crippen molar-refractivity contribution in [3.63, 3.8) is 0 Å². The van der Waals surface area contributed by atoms with Crippen LogP contribution in [0.2, 0.25) is 0 Å². The summed E-state index contributed by atoms with van der Waals surface area (Å²) in [5.74, 6) is -0.385. The van der Waals surface area contributed by atoms with Gasteiger partial charge in [0, 0.05) is 32.4 Å². The number of aromatic nitrogens is 3. The van der Waals surface area contributed by atoms with Crippen LogP contribution in [0.5, 0.6) is 0 Å². The predicted octanol–water partition coefficient (Wildman–Crippen LogP) is 2.87. The molecule has 0 unspecified atom stereocenters. The molecule has 0 spiro atoms. The third kappa shape index (κ3) is 4.29. The van der Waals surface area contributed by atoms with Crippen LogP contribution in [0.15, 0.2) is 54.9 Å². The van der Waals surface area contributed by atoms with Gasteiger partial charge in [-0.2, -0.15) is 5.10 Å². The van der Waals surface area contributed by atoms with E-state index in [1.807, 2.05) is 25.2 Å². The zero-order valence-corrected chi connectivity index (χ0v) is 13.9. The van der Waals surface area contributed by atoms with Gasteiger partial charge in [-0.25, -0.2) is 4.39 Å². The summed E-state index contributed by atoms with van der Waals surface area (Å²) in [7, 11) is 1.86. The Balaban J connectivity index is 1.51. The Hall–Kier alpha value is -3.02. The van der Waals surface area contributed by atoms with E-state index < -0.39 is 0 Å². The quantitative estimate of drug-likeness (QED) is 0.752. The zero-order valence-electron chi connectivity index (χ0n) is 13.9. The second kappa shape index (κ2) is 7.70. The van der Waals surface area contributed by atoms with Crippen LogP contribution < -0.4 is 5.32 Å². The number of amides is 1. The molecular formula is C19H19FN4O. The molecule has 25 heavy (non-hydrogen) atoms. The van der Waals surface area contributed by atoms with Crippen LogP contribution in [0.1, 0.15) is 17.5 Å². The predicted molar refractivity (Wildman–Crippen MR) is 93.0 cm³/mol. The first-order chi connectivity index (χ1) is 12.1. The molecule has 1 N–H and O–H groups in total. The first kappa shape index (κ1) is 16.8. The topological polar surface area (TPSA) is 59.8 Å². The number of carbonyl (C=O) groups is 1. The number of rotatable bonds is 6. The molecule has 0 aliphatic heterocycles. The van der Waals surface area contributed by atoms with Gasteiger partial charge < -0.3 is 5.32 Å². The van der Waals surface area contributed by atoms with Crippen molar-refractivity contribution >= 4 is 5.91 Å². The Labute approximate surface area is 145 Å². The van der Waals surface area contributed by atoms with Gasteiger partial charge in [-0.05, 0) is 35.7 Å². The molecule has 0 aliphatic carbocycles. The lowest BCUT2D eigenvalue weighted by Gasteiger charge is -2.07. The molecule has 0 bridgehead atoms. The van der Waals surface area contributed by atoms with E-state index in [-0.39, 0.29) is 18.1 Å². The SMILES string of the molecule is Cn1nccc1-c1ccc(CNC(=O)CCc2ccccc2F)cn1. The van der Waals surface area contributed by atoms with Crippen LogP contribution in [0, 0.1) is 5.82 Å². The maximum absolute atomic E-state index is 13.5. The van der Waals surface area contributed by atoms with E-state index in [0.717, 1.165) is 17.0 Å². The lowest BCUT2D eigenvalue weighted by atomic mass is 10.1. The monoisotopic (exact) mass is 338 g/mol. The number of hydrogen-bond acceptors (Lipinski definition) is 3. The number of halogens is 1. The molecule has 0 saturated carbocycles. The molecular weight excluding hydrogens is 319 g/mol. The molecule has 6 heteroatoms. The van der Waals surface area contributed by atoms with Crippen molar-refractivity contribution in [2.75, 3.05) is 0 Å². The van der Waals surface area contributed by atoms with Gasteiger partial charge in [0.2, 0.25) is 5.91 Å².